The molecule has 2 aliphatic heterocycles. The van der Waals surface area contributed by atoms with Crippen molar-refractivity contribution in [3.63, 3.8) is 0 Å². The summed E-state index contributed by atoms with van der Waals surface area (Å²) in [6.45, 7) is 16.2. The van der Waals surface area contributed by atoms with Crippen molar-refractivity contribution in [3.05, 3.63) is 168 Å². The van der Waals surface area contributed by atoms with E-state index in [1.54, 1.807) is 12.1 Å². The number of nitrogens with zero attached hydrogens (tertiary/aromatic N) is 6. The molecule has 74 heavy (non-hydrogen) atoms. The molecule has 0 saturated carbocycles. The van der Waals surface area contributed by atoms with E-state index in [1.165, 1.54) is 73.3 Å². The summed E-state index contributed by atoms with van der Waals surface area (Å²) in [4.78, 5) is 60.4. The van der Waals surface area contributed by atoms with Gasteiger partial charge >= 0.3 is 0 Å². The van der Waals surface area contributed by atoms with Crippen molar-refractivity contribution >= 4 is 112 Å². The van der Waals surface area contributed by atoms with Crippen LogP contribution in [0.25, 0.3) is 56.5 Å². The van der Waals surface area contributed by atoms with Gasteiger partial charge in [0.2, 0.25) is 23.7 Å². The Labute approximate surface area is 427 Å². The molecule has 0 aliphatic carbocycles. The lowest BCUT2D eigenvalue weighted by Gasteiger charge is -2.10. The lowest BCUT2D eigenvalue weighted by Crippen LogP contribution is -2.15. The Balaban J connectivity index is 1.03. The summed E-state index contributed by atoms with van der Waals surface area (Å²) in [5, 5.41) is 5.78. The van der Waals surface area contributed by atoms with Gasteiger partial charge in [0.15, 0.2) is 0 Å². The average molecular weight is 1030 g/mol. The number of fused-ring (bicyclic) bond motifs is 8. The monoisotopic (exact) mass is 1030 g/mol. The van der Waals surface area contributed by atoms with E-state index in [1.807, 2.05) is 64.1 Å². The molecule has 0 unspecified atom stereocenters. The molecule has 0 radical (unpaired) electrons. The number of amides is 2. The topological polar surface area (TPSA) is 259 Å². The maximum Gasteiger partial charge on any atom is 0.264 e. The number of allylic oxidation sites excluding steroid dienone is 4. The number of sulfonamides is 2. The van der Waals surface area contributed by atoms with Crippen LogP contribution in [0.1, 0.15) is 84.6 Å². The van der Waals surface area contributed by atoms with E-state index in [0.29, 0.717) is 34.2 Å². The first-order valence-corrected chi connectivity index (χ1v) is 26.3. The zero-order chi connectivity index (χ0) is 52.3. The van der Waals surface area contributed by atoms with Crippen molar-refractivity contribution < 1.29 is 26.4 Å². The normalized spacial score (nSPS) is 12.6. The number of H-pyrrole nitrogens is 2. The Bertz CT molecular complexity index is 3870. The van der Waals surface area contributed by atoms with Gasteiger partial charge in [-0.15, -0.1) is 0 Å². The maximum atomic E-state index is 13.6. The number of hydrogen-bond acceptors (Lipinski definition) is 12. The third-order valence-electron chi connectivity index (χ3n) is 12.7. The van der Waals surface area contributed by atoms with Gasteiger partial charge in [-0.25, -0.2) is 56.2 Å². The van der Waals surface area contributed by atoms with Gasteiger partial charge < -0.3 is 20.6 Å². The highest BCUT2D eigenvalue weighted by molar-refractivity contribution is 7.93. The Morgan fingerprint density at radius 1 is 0.527 bits per heavy atom. The molecule has 8 bridgehead atoms. The highest BCUT2D eigenvalue weighted by Gasteiger charge is 2.24. The van der Waals surface area contributed by atoms with Crippen LogP contribution in [0.4, 0.5) is 23.3 Å². The summed E-state index contributed by atoms with van der Waals surface area (Å²) in [5.74, 6) is -0.742. The second-order valence-corrected chi connectivity index (χ2v) is 20.8. The fourth-order valence-corrected chi connectivity index (χ4v) is 10.6. The number of aromatic amines is 2. The zero-order valence-electron chi connectivity index (χ0n) is 40.7. The van der Waals surface area contributed by atoms with Crippen molar-refractivity contribution in [1.29, 1.82) is 0 Å². The first kappa shape index (κ1) is 50.1. The molecule has 2 aliphatic rings. The predicted octanol–water partition coefficient (Wildman–Crippen LogP) is 10.1. The Morgan fingerprint density at radius 2 is 0.905 bits per heavy atom. The summed E-state index contributed by atoms with van der Waals surface area (Å²) in [5.41, 5.74) is 13.8. The number of carbonyl (C=O) groups is 2. The summed E-state index contributed by atoms with van der Waals surface area (Å²) >= 11 is 0. The Kier molecular flexibility index (Phi) is 14.0. The first-order chi connectivity index (χ1) is 35.5. The van der Waals surface area contributed by atoms with Gasteiger partial charge in [-0.05, 0) is 159 Å². The van der Waals surface area contributed by atoms with Crippen LogP contribution >= 0.6 is 0 Å². The number of carbonyl (C=O) groups excluding carboxylic acids is 2. The Hall–Kier alpha value is -8.88. The van der Waals surface area contributed by atoms with Crippen LogP contribution in [-0.2, 0) is 29.6 Å². The minimum atomic E-state index is -3.99. The average Bonchev–Trinajstić information content (AvgIpc) is 4.05. The maximum absolute atomic E-state index is 13.6. The van der Waals surface area contributed by atoms with Crippen LogP contribution in [-0.4, -0.2) is 68.5 Å². The van der Waals surface area contributed by atoms with Gasteiger partial charge in [0.05, 0.1) is 32.6 Å². The molecule has 18 nitrogen and oxygen atoms in total. The molecule has 0 fully saturated rings. The molecule has 0 saturated heterocycles. The Morgan fingerprint density at radius 3 is 1.31 bits per heavy atom. The van der Waals surface area contributed by atoms with Crippen LogP contribution in [0.2, 0.25) is 0 Å². The van der Waals surface area contributed by atoms with E-state index in [4.69, 9.17) is 9.97 Å². The molecule has 9 rings (SSSR count). The summed E-state index contributed by atoms with van der Waals surface area (Å²) in [6, 6.07) is 22.6. The molecule has 7 heterocycles. The highest BCUT2D eigenvalue weighted by atomic mass is 32.2. The van der Waals surface area contributed by atoms with E-state index < -0.39 is 20.0 Å². The molecule has 7 aromatic rings. The van der Waals surface area contributed by atoms with Gasteiger partial charge in [-0.2, -0.15) is 0 Å². The van der Waals surface area contributed by atoms with Crippen LogP contribution in [0.5, 0.6) is 0 Å². The van der Waals surface area contributed by atoms with Crippen LogP contribution in [0.15, 0.2) is 133 Å². The molecule has 5 aromatic heterocycles. The summed E-state index contributed by atoms with van der Waals surface area (Å²) < 4.78 is 56.6. The van der Waals surface area contributed by atoms with E-state index >= 15 is 0 Å². The number of anilines is 4. The third-order valence-corrected chi connectivity index (χ3v) is 15.4. The van der Waals surface area contributed by atoms with Gasteiger partial charge in [0.25, 0.3) is 20.0 Å². The predicted molar refractivity (Wildman–Crippen MR) is 290 cm³/mol. The minimum absolute atomic E-state index is 0.0328. The molecule has 374 valence electrons. The molecule has 6 N–H and O–H groups in total. The minimum Gasteiger partial charge on any atom is -0.355 e. The summed E-state index contributed by atoms with van der Waals surface area (Å²) in [6.07, 6.45) is 10.0. The number of aryl methyl sites for hydroxylation is 2. The number of aromatic nitrogens is 8. The fraction of sp³-hybridized carbons (Fsp3) is 0.148. The van der Waals surface area contributed by atoms with E-state index in [9.17, 15) is 26.4 Å². The lowest BCUT2D eigenvalue weighted by molar-refractivity contribution is -0.116. The quantitative estimate of drug-likeness (QED) is 0.0528. The number of hydrogen-bond donors (Lipinski definition) is 6. The lowest BCUT2D eigenvalue weighted by atomic mass is 9.98. The molecule has 20 heteroatoms. The standard InChI is InChI=1S/C54H50N12O6S2/c1-7-39-31(3)43-27-44-33(5)41(19-21-51(67)59-35-11-15-37(16-12-35)73(69,70)65-53-55-23-9-24-56-53)49(63-44)30-50-42(34(6)46(64-50)29-48-40(8-2)32(4)45(62-48)28-47(39)61-43)20-22-52(68)60-36-13-17-38(18-14-36)74(71,72)66-54-57-25-10-26-58-54/h7-18,23-30,61-62H,1-2,19-22H2,3-6H3,(H,59,67)(H,60,68)(H,55,56,65)(H,57,58,66). The van der Waals surface area contributed by atoms with Crippen molar-refractivity contribution in [3.8, 4) is 0 Å². The van der Waals surface area contributed by atoms with Crippen molar-refractivity contribution in [1.82, 2.24) is 39.9 Å². The third kappa shape index (κ3) is 10.7. The SMILES string of the molecule is C=Cc1c(C)c2cc3[nH]c(cc4nc(cc5nc(cc1[nH]2)C(C)=C5CCC(=O)Nc1ccc(S(=O)(=O)Nc2ncccn2)cc1)C(CCC(=O)Nc1ccc(S(=O)(=O)Nc2ncccn2)cc1)=C4C)c(C)c3C=C. The molecule has 0 spiro atoms. The largest absolute Gasteiger partial charge is 0.355 e. The first-order valence-electron chi connectivity index (χ1n) is 23.3. The van der Waals surface area contributed by atoms with Crippen LogP contribution < -0.4 is 20.1 Å². The van der Waals surface area contributed by atoms with Gasteiger partial charge in [0, 0.05) is 82.2 Å². The zero-order valence-corrected chi connectivity index (χ0v) is 42.4. The molecule has 0 atom stereocenters. The van der Waals surface area contributed by atoms with E-state index in [2.05, 4.69) is 63.1 Å². The molecular weight excluding hydrogens is 977 g/mol. The second kappa shape index (κ2) is 20.7. The molecule has 2 amide bonds. The van der Waals surface area contributed by atoms with Crippen molar-refractivity contribution in [2.75, 3.05) is 20.1 Å². The van der Waals surface area contributed by atoms with E-state index in [0.717, 1.165) is 66.6 Å². The molecular formula is C54H50N12O6S2. The van der Waals surface area contributed by atoms with Crippen LogP contribution in [0.3, 0.4) is 0 Å². The van der Waals surface area contributed by atoms with Crippen molar-refractivity contribution in [2.45, 2.75) is 63.2 Å². The van der Waals surface area contributed by atoms with Gasteiger partial charge in [0.1, 0.15) is 0 Å². The number of rotatable bonds is 16. The van der Waals surface area contributed by atoms with Crippen LogP contribution in [0, 0.1) is 13.8 Å². The number of benzene rings is 2. The van der Waals surface area contributed by atoms with E-state index in [-0.39, 0.29) is 59.2 Å². The van der Waals surface area contributed by atoms with Crippen molar-refractivity contribution in [2.24, 2.45) is 0 Å². The highest BCUT2D eigenvalue weighted by Crippen LogP contribution is 2.38. The molecule has 2 aromatic carbocycles. The number of nitrogens with one attached hydrogen (secondary N) is 6. The smallest absolute Gasteiger partial charge is 0.264 e. The second-order valence-electron chi connectivity index (χ2n) is 17.4. The fourth-order valence-electron chi connectivity index (χ4n) is 8.72. The summed E-state index contributed by atoms with van der Waals surface area (Å²) in [7, 11) is -7.97. The van der Waals surface area contributed by atoms with Gasteiger partial charge in [-0.1, -0.05) is 25.3 Å². The van der Waals surface area contributed by atoms with Gasteiger partial charge in [-0.3, -0.25) is 9.59 Å².